The molecular formula is C17H27ClN2. The van der Waals surface area contributed by atoms with Gasteiger partial charge >= 0.3 is 0 Å². The second-order valence-electron chi connectivity index (χ2n) is 6.01. The van der Waals surface area contributed by atoms with Crippen LogP contribution in [0.15, 0.2) is 24.3 Å². The monoisotopic (exact) mass is 294 g/mol. The molecule has 1 fully saturated rings. The highest BCUT2D eigenvalue weighted by molar-refractivity contribution is 6.30. The van der Waals surface area contributed by atoms with Gasteiger partial charge in [0.05, 0.1) is 0 Å². The van der Waals surface area contributed by atoms with Gasteiger partial charge in [0, 0.05) is 17.6 Å². The summed E-state index contributed by atoms with van der Waals surface area (Å²) in [6.07, 6.45) is 5.42. The summed E-state index contributed by atoms with van der Waals surface area (Å²) in [5.41, 5.74) is 1.30. The Morgan fingerprint density at radius 1 is 1.40 bits per heavy atom. The Kier molecular flexibility index (Phi) is 6.34. The molecule has 1 N–H and O–H groups in total. The fourth-order valence-electron chi connectivity index (χ4n) is 2.91. The van der Waals surface area contributed by atoms with Crippen LogP contribution in [-0.2, 0) is 0 Å². The van der Waals surface area contributed by atoms with Crippen molar-refractivity contribution in [3.8, 4) is 0 Å². The number of hydrogen-bond acceptors (Lipinski definition) is 2. The van der Waals surface area contributed by atoms with Gasteiger partial charge in [-0.3, -0.25) is 0 Å². The summed E-state index contributed by atoms with van der Waals surface area (Å²) in [6.45, 7) is 5.55. The van der Waals surface area contributed by atoms with E-state index in [0.717, 1.165) is 30.5 Å². The smallest absolute Gasteiger partial charge is 0.0409 e. The molecule has 0 heterocycles. The molecule has 0 amide bonds. The van der Waals surface area contributed by atoms with Crippen LogP contribution >= 0.6 is 11.6 Å². The lowest BCUT2D eigenvalue weighted by Crippen LogP contribution is -2.32. The summed E-state index contributed by atoms with van der Waals surface area (Å²) in [6, 6.07) is 8.64. The molecule has 1 unspecified atom stereocenters. The van der Waals surface area contributed by atoms with Crippen LogP contribution in [0.3, 0.4) is 0 Å². The first kappa shape index (κ1) is 15.8. The molecule has 1 saturated carbocycles. The van der Waals surface area contributed by atoms with Crippen molar-refractivity contribution in [3.63, 3.8) is 0 Å². The van der Waals surface area contributed by atoms with Crippen LogP contribution in [0.25, 0.3) is 0 Å². The van der Waals surface area contributed by atoms with Crippen LogP contribution in [0.4, 0.5) is 0 Å². The maximum atomic E-state index is 6.11. The van der Waals surface area contributed by atoms with Crippen LogP contribution in [0, 0.1) is 5.92 Å². The standard InChI is InChI=1S/C17H27ClN2/c1-3-19-17(15-8-5-9-16(18)12-15)10-11-20(2)13-14-6-4-7-14/h5,8-9,12,14,17,19H,3-4,6-7,10-11,13H2,1-2H3. The van der Waals surface area contributed by atoms with E-state index in [9.17, 15) is 0 Å². The Morgan fingerprint density at radius 3 is 2.80 bits per heavy atom. The third-order valence-electron chi connectivity index (χ3n) is 4.30. The van der Waals surface area contributed by atoms with Crippen molar-refractivity contribution < 1.29 is 0 Å². The maximum Gasteiger partial charge on any atom is 0.0409 e. The lowest BCUT2D eigenvalue weighted by molar-refractivity contribution is 0.199. The molecule has 0 radical (unpaired) electrons. The molecule has 112 valence electrons. The van der Waals surface area contributed by atoms with Crippen LogP contribution in [-0.4, -0.2) is 31.6 Å². The third kappa shape index (κ3) is 4.76. The summed E-state index contributed by atoms with van der Waals surface area (Å²) >= 11 is 6.11. The van der Waals surface area contributed by atoms with Crippen molar-refractivity contribution in [1.29, 1.82) is 0 Å². The molecule has 0 aromatic heterocycles. The minimum absolute atomic E-state index is 0.405. The molecule has 1 aromatic carbocycles. The summed E-state index contributed by atoms with van der Waals surface area (Å²) in [5.74, 6) is 0.948. The number of benzene rings is 1. The van der Waals surface area contributed by atoms with Gasteiger partial charge in [-0.2, -0.15) is 0 Å². The van der Waals surface area contributed by atoms with Gasteiger partial charge in [-0.15, -0.1) is 0 Å². The molecule has 2 nitrogen and oxygen atoms in total. The third-order valence-corrected chi connectivity index (χ3v) is 4.53. The van der Waals surface area contributed by atoms with Crippen molar-refractivity contribution in [2.45, 2.75) is 38.6 Å². The van der Waals surface area contributed by atoms with Gasteiger partial charge in [0.1, 0.15) is 0 Å². The Balaban J connectivity index is 1.85. The zero-order valence-electron chi connectivity index (χ0n) is 12.7. The highest BCUT2D eigenvalue weighted by atomic mass is 35.5. The van der Waals surface area contributed by atoms with Gasteiger partial charge in [0.15, 0.2) is 0 Å². The van der Waals surface area contributed by atoms with E-state index < -0.39 is 0 Å². The summed E-state index contributed by atoms with van der Waals surface area (Å²) in [7, 11) is 2.25. The average molecular weight is 295 g/mol. The van der Waals surface area contributed by atoms with Crippen LogP contribution < -0.4 is 5.32 Å². The van der Waals surface area contributed by atoms with Crippen molar-refractivity contribution in [1.82, 2.24) is 10.2 Å². The molecule has 0 aliphatic heterocycles. The molecule has 2 rings (SSSR count). The zero-order chi connectivity index (χ0) is 14.4. The van der Waals surface area contributed by atoms with E-state index in [-0.39, 0.29) is 0 Å². The number of nitrogens with one attached hydrogen (secondary N) is 1. The van der Waals surface area contributed by atoms with E-state index in [0.29, 0.717) is 6.04 Å². The molecule has 1 aliphatic carbocycles. The van der Waals surface area contributed by atoms with Gasteiger partial charge in [0.2, 0.25) is 0 Å². The molecule has 20 heavy (non-hydrogen) atoms. The van der Waals surface area contributed by atoms with Gasteiger partial charge in [-0.25, -0.2) is 0 Å². The van der Waals surface area contributed by atoms with Crippen molar-refractivity contribution in [3.05, 3.63) is 34.9 Å². The molecule has 3 heteroatoms. The highest BCUT2D eigenvalue weighted by Crippen LogP contribution is 2.27. The Morgan fingerprint density at radius 2 is 2.20 bits per heavy atom. The summed E-state index contributed by atoms with van der Waals surface area (Å²) in [5, 5.41) is 4.40. The number of nitrogens with zero attached hydrogens (tertiary/aromatic N) is 1. The van der Waals surface area contributed by atoms with E-state index in [2.05, 4.69) is 36.3 Å². The second kappa shape index (κ2) is 8.02. The maximum absolute atomic E-state index is 6.11. The molecule has 1 aromatic rings. The van der Waals surface area contributed by atoms with E-state index >= 15 is 0 Å². The van der Waals surface area contributed by atoms with Crippen molar-refractivity contribution in [2.24, 2.45) is 5.92 Å². The van der Waals surface area contributed by atoms with Crippen molar-refractivity contribution in [2.75, 3.05) is 26.7 Å². The van der Waals surface area contributed by atoms with Crippen LogP contribution in [0.1, 0.15) is 44.2 Å². The fourth-order valence-corrected chi connectivity index (χ4v) is 3.11. The van der Waals surface area contributed by atoms with Gasteiger partial charge in [-0.05, 0) is 63.0 Å². The molecule has 0 spiro atoms. The average Bonchev–Trinajstić information content (AvgIpc) is 2.39. The number of rotatable bonds is 8. The molecule has 0 bridgehead atoms. The fraction of sp³-hybridized carbons (Fsp3) is 0.647. The predicted octanol–water partition coefficient (Wildman–Crippen LogP) is 4.11. The SMILES string of the molecule is CCNC(CCN(C)CC1CCC1)c1cccc(Cl)c1. The minimum atomic E-state index is 0.405. The van der Waals surface area contributed by atoms with Crippen LogP contribution in [0.2, 0.25) is 5.02 Å². The largest absolute Gasteiger partial charge is 0.310 e. The predicted molar refractivity (Wildman–Crippen MR) is 87.3 cm³/mol. The van der Waals surface area contributed by atoms with E-state index in [4.69, 9.17) is 11.6 Å². The molecule has 1 atom stereocenters. The molecule has 1 aliphatic rings. The lowest BCUT2D eigenvalue weighted by Gasteiger charge is -2.31. The Labute approximate surface area is 128 Å². The Hall–Kier alpha value is -0.570. The lowest BCUT2D eigenvalue weighted by atomic mass is 9.85. The quantitative estimate of drug-likeness (QED) is 0.776. The van der Waals surface area contributed by atoms with Gasteiger partial charge in [-0.1, -0.05) is 37.1 Å². The van der Waals surface area contributed by atoms with E-state index in [1.807, 2.05) is 12.1 Å². The highest BCUT2D eigenvalue weighted by Gasteiger charge is 2.19. The van der Waals surface area contributed by atoms with Gasteiger partial charge in [0.25, 0.3) is 0 Å². The van der Waals surface area contributed by atoms with E-state index in [1.54, 1.807) is 0 Å². The summed E-state index contributed by atoms with van der Waals surface area (Å²) in [4.78, 5) is 2.48. The van der Waals surface area contributed by atoms with E-state index in [1.165, 1.54) is 31.4 Å². The van der Waals surface area contributed by atoms with Gasteiger partial charge < -0.3 is 10.2 Å². The molecular weight excluding hydrogens is 268 g/mol. The summed E-state index contributed by atoms with van der Waals surface area (Å²) < 4.78 is 0. The number of hydrogen-bond donors (Lipinski definition) is 1. The molecule has 0 saturated heterocycles. The van der Waals surface area contributed by atoms with Crippen LogP contribution in [0.5, 0.6) is 0 Å². The minimum Gasteiger partial charge on any atom is -0.310 e. The van der Waals surface area contributed by atoms with Crippen molar-refractivity contribution >= 4 is 11.6 Å². The topological polar surface area (TPSA) is 15.3 Å². The first-order valence-electron chi connectivity index (χ1n) is 7.86. The Bertz CT molecular complexity index is 404. The number of halogens is 1. The normalized spacial score (nSPS) is 17.2. The first-order valence-corrected chi connectivity index (χ1v) is 8.24. The second-order valence-corrected chi connectivity index (χ2v) is 6.45. The zero-order valence-corrected chi connectivity index (χ0v) is 13.5. The first-order chi connectivity index (χ1) is 9.69.